The van der Waals surface area contributed by atoms with Gasteiger partial charge in [0.1, 0.15) is 11.6 Å². The number of nitrogens with one attached hydrogen (secondary N) is 1. The molecule has 0 bridgehead atoms. The Bertz CT molecular complexity index is 1310. The Balaban J connectivity index is 1.08. The zero-order chi connectivity index (χ0) is 28.1. The van der Waals surface area contributed by atoms with E-state index in [4.69, 9.17) is 27.9 Å². The third-order valence-electron chi connectivity index (χ3n) is 7.77. The minimum Gasteiger partial charge on any atom is -0.497 e. The van der Waals surface area contributed by atoms with Crippen LogP contribution in [0, 0.1) is 0 Å². The van der Waals surface area contributed by atoms with Gasteiger partial charge in [-0.25, -0.2) is 4.98 Å². The van der Waals surface area contributed by atoms with Gasteiger partial charge >= 0.3 is 0 Å². The average Bonchev–Trinajstić information content (AvgIpc) is 2.98. The summed E-state index contributed by atoms with van der Waals surface area (Å²) in [6, 6.07) is 16.2. The maximum absolute atomic E-state index is 12.7. The smallest absolute Gasteiger partial charge is 0.253 e. The van der Waals surface area contributed by atoms with Gasteiger partial charge in [0, 0.05) is 51.5 Å². The lowest BCUT2D eigenvalue weighted by atomic mass is 10.0. The van der Waals surface area contributed by atoms with Gasteiger partial charge in [-0.15, -0.1) is 0 Å². The molecule has 2 aliphatic rings. The van der Waals surface area contributed by atoms with E-state index in [-0.39, 0.29) is 5.91 Å². The topological polar surface area (TPSA) is 60.9 Å². The second-order valence-electron chi connectivity index (χ2n) is 10.3. The number of rotatable bonds is 8. The van der Waals surface area contributed by atoms with Crippen LogP contribution in [-0.4, -0.2) is 73.1 Å². The number of methoxy groups -OCH3 is 1. The molecular formula is C30H34BrCl2N5O2. The highest BCUT2D eigenvalue weighted by Crippen LogP contribution is 2.28. The van der Waals surface area contributed by atoms with E-state index in [1.807, 2.05) is 24.3 Å². The van der Waals surface area contributed by atoms with Crippen molar-refractivity contribution in [2.24, 2.45) is 0 Å². The lowest BCUT2D eigenvalue weighted by Crippen LogP contribution is -2.53. The Morgan fingerprint density at radius 2 is 1.68 bits per heavy atom. The van der Waals surface area contributed by atoms with Crippen molar-refractivity contribution in [1.29, 1.82) is 0 Å². The molecule has 3 heterocycles. The van der Waals surface area contributed by atoms with Gasteiger partial charge in [-0.3, -0.25) is 14.6 Å². The molecule has 5 rings (SSSR count). The number of amides is 1. The molecule has 0 saturated carbocycles. The van der Waals surface area contributed by atoms with Crippen LogP contribution in [0.25, 0.3) is 0 Å². The van der Waals surface area contributed by atoms with Gasteiger partial charge in [-0.2, -0.15) is 0 Å². The van der Waals surface area contributed by atoms with Crippen LogP contribution in [0.2, 0.25) is 10.0 Å². The van der Waals surface area contributed by atoms with Crippen molar-refractivity contribution >= 4 is 50.9 Å². The Morgan fingerprint density at radius 1 is 0.975 bits per heavy atom. The fourth-order valence-corrected chi connectivity index (χ4v) is 6.37. The first-order valence-electron chi connectivity index (χ1n) is 13.6. The molecule has 0 aliphatic carbocycles. The minimum absolute atomic E-state index is 0.186. The number of anilines is 1. The summed E-state index contributed by atoms with van der Waals surface area (Å²) >= 11 is 15.7. The fraction of sp³-hybridized carbons (Fsp3) is 0.400. The molecule has 40 heavy (non-hydrogen) atoms. The number of piperazine rings is 1. The number of benzene rings is 2. The van der Waals surface area contributed by atoms with Gasteiger partial charge in [0.05, 0.1) is 27.2 Å². The number of pyridine rings is 1. The number of halogens is 3. The average molecular weight is 647 g/mol. The second kappa shape index (κ2) is 13.5. The van der Waals surface area contributed by atoms with Gasteiger partial charge in [0.2, 0.25) is 0 Å². The second-order valence-corrected chi connectivity index (χ2v) is 12.0. The number of carbonyl (C=O) groups is 1. The Labute approximate surface area is 254 Å². The van der Waals surface area contributed by atoms with Crippen molar-refractivity contribution in [3.63, 3.8) is 0 Å². The van der Waals surface area contributed by atoms with E-state index in [9.17, 15) is 4.79 Å². The molecular weight excluding hydrogens is 613 g/mol. The zero-order valence-corrected chi connectivity index (χ0v) is 25.7. The SMILES string of the molecule is COc1ccc(CN2CCC(N3CCN(c4ncc(C(=O)NCc5ccc(Cl)c(Cl)c5)cc4Br)CC3)CC2)cc1. The number of aromatic nitrogens is 1. The van der Waals surface area contributed by atoms with Crippen molar-refractivity contribution in [1.82, 2.24) is 20.1 Å². The third-order valence-corrected chi connectivity index (χ3v) is 9.10. The van der Waals surface area contributed by atoms with E-state index in [1.165, 1.54) is 18.4 Å². The van der Waals surface area contributed by atoms with E-state index in [0.29, 0.717) is 28.2 Å². The standard InChI is InChI=1S/C30H34BrCl2N5O2/c1-40-25-5-2-21(3-6-25)20-36-10-8-24(9-11-36)37-12-14-38(15-13-37)29-26(31)17-23(19-34-29)30(39)35-18-22-4-7-27(32)28(33)16-22/h2-7,16-17,19,24H,8-15,18,20H2,1H3,(H,35,39). The number of carbonyl (C=O) groups excluding carboxylic acids is 1. The summed E-state index contributed by atoms with van der Waals surface area (Å²) in [5, 5.41) is 3.88. The van der Waals surface area contributed by atoms with Gasteiger partial charge < -0.3 is 15.0 Å². The molecule has 2 aliphatic heterocycles. The Hall–Kier alpha value is -2.36. The number of likely N-dealkylation sites (tertiary alicyclic amines) is 1. The van der Waals surface area contributed by atoms with E-state index < -0.39 is 0 Å². The first-order valence-corrected chi connectivity index (χ1v) is 15.2. The third kappa shape index (κ3) is 7.28. The molecule has 2 aromatic carbocycles. The first-order chi connectivity index (χ1) is 19.4. The summed E-state index contributed by atoms with van der Waals surface area (Å²) in [7, 11) is 1.70. The highest BCUT2D eigenvalue weighted by molar-refractivity contribution is 9.10. The molecule has 1 N–H and O–H groups in total. The lowest BCUT2D eigenvalue weighted by molar-refractivity contribution is 0.0950. The number of piperidine rings is 1. The van der Waals surface area contributed by atoms with E-state index in [0.717, 1.165) is 67.4 Å². The maximum atomic E-state index is 12.7. The predicted octanol–water partition coefficient (Wildman–Crippen LogP) is 5.88. The summed E-state index contributed by atoms with van der Waals surface area (Å²) in [6.07, 6.45) is 4.05. The van der Waals surface area contributed by atoms with Gasteiger partial charge in [0.15, 0.2) is 0 Å². The molecule has 0 unspecified atom stereocenters. The molecule has 3 aromatic rings. The van der Waals surface area contributed by atoms with Crippen LogP contribution in [0.5, 0.6) is 5.75 Å². The van der Waals surface area contributed by atoms with E-state index in [2.05, 4.69) is 53.1 Å². The molecule has 2 fully saturated rings. The van der Waals surface area contributed by atoms with Crippen molar-refractivity contribution in [2.45, 2.75) is 32.0 Å². The van der Waals surface area contributed by atoms with Crippen molar-refractivity contribution in [3.05, 3.63) is 85.9 Å². The van der Waals surface area contributed by atoms with Crippen LogP contribution in [0.15, 0.2) is 59.2 Å². The highest BCUT2D eigenvalue weighted by atomic mass is 79.9. The van der Waals surface area contributed by atoms with Crippen LogP contribution >= 0.6 is 39.1 Å². The zero-order valence-electron chi connectivity index (χ0n) is 22.6. The van der Waals surface area contributed by atoms with Crippen LogP contribution in [0.4, 0.5) is 5.82 Å². The van der Waals surface area contributed by atoms with Crippen LogP contribution in [-0.2, 0) is 13.1 Å². The summed E-state index contributed by atoms with van der Waals surface area (Å²) in [6.45, 7) is 7.47. The number of hydrogen-bond donors (Lipinski definition) is 1. The lowest BCUT2D eigenvalue weighted by Gasteiger charge is -2.43. The minimum atomic E-state index is -0.186. The summed E-state index contributed by atoms with van der Waals surface area (Å²) < 4.78 is 6.10. The van der Waals surface area contributed by atoms with E-state index >= 15 is 0 Å². The molecule has 212 valence electrons. The molecule has 2 saturated heterocycles. The fourth-order valence-electron chi connectivity index (χ4n) is 5.45. The van der Waals surface area contributed by atoms with Crippen LogP contribution < -0.4 is 15.0 Å². The molecule has 10 heteroatoms. The largest absolute Gasteiger partial charge is 0.497 e. The van der Waals surface area contributed by atoms with Crippen molar-refractivity contribution < 1.29 is 9.53 Å². The Morgan fingerprint density at radius 3 is 2.33 bits per heavy atom. The Kier molecular flexibility index (Phi) is 9.86. The van der Waals surface area contributed by atoms with Crippen LogP contribution in [0.1, 0.15) is 34.3 Å². The molecule has 0 radical (unpaired) electrons. The monoisotopic (exact) mass is 645 g/mol. The van der Waals surface area contributed by atoms with Gasteiger partial charge in [0.25, 0.3) is 5.91 Å². The molecule has 0 atom stereocenters. The normalized spacial score (nSPS) is 17.1. The quantitative estimate of drug-likeness (QED) is 0.330. The molecule has 1 amide bonds. The maximum Gasteiger partial charge on any atom is 0.253 e. The first kappa shape index (κ1) is 29.1. The summed E-state index contributed by atoms with van der Waals surface area (Å²) in [5.41, 5.74) is 2.73. The number of hydrogen-bond acceptors (Lipinski definition) is 6. The van der Waals surface area contributed by atoms with E-state index in [1.54, 1.807) is 25.4 Å². The van der Waals surface area contributed by atoms with Gasteiger partial charge in [-0.05, 0) is 83.3 Å². The number of nitrogens with zero attached hydrogens (tertiary/aromatic N) is 4. The highest BCUT2D eigenvalue weighted by Gasteiger charge is 2.28. The molecule has 7 nitrogen and oxygen atoms in total. The summed E-state index contributed by atoms with van der Waals surface area (Å²) in [4.78, 5) is 24.9. The molecule has 0 spiro atoms. The van der Waals surface area contributed by atoms with Crippen molar-refractivity contribution in [3.8, 4) is 5.75 Å². The van der Waals surface area contributed by atoms with Crippen molar-refractivity contribution in [2.75, 3.05) is 51.3 Å². The van der Waals surface area contributed by atoms with Crippen LogP contribution in [0.3, 0.4) is 0 Å². The number of ether oxygens (including phenoxy) is 1. The molecule has 1 aromatic heterocycles. The predicted molar refractivity (Wildman–Crippen MR) is 165 cm³/mol. The van der Waals surface area contributed by atoms with Gasteiger partial charge in [-0.1, -0.05) is 41.4 Å². The summed E-state index contributed by atoms with van der Waals surface area (Å²) in [5.74, 6) is 1.60.